The van der Waals surface area contributed by atoms with Gasteiger partial charge in [0.05, 0.1) is 7.11 Å². The minimum absolute atomic E-state index is 0.304. The molecule has 0 saturated heterocycles. The number of carboxylic acid groups (broad SMARTS) is 1. The molecule has 3 aromatic carbocycles. The molecule has 5 nitrogen and oxygen atoms in total. The number of aliphatic carboxylic acids is 1. The first-order valence-corrected chi connectivity index (χ1v) is 11.4. The average Bonchev–Trinajstić information content (AvgIpc) is 2.84. The Bertz CT molecular complexity index is 1150. The third-order valence-corrected chi connectivity index (χ3v) is 5.93. The molecule has 0 heterocycles. The van der Waals surface area contributed by atoms with Crippen LogP contribution >= 0.6 is 11.6 Å². The van der Waals surface area contributed by atoms with Gasteiger partial charge in [-0.25, -0.2) is 4.79 Å². The summed E-state index contributed by atoms with van der Waals surface area (Å²) in [6.07, 6.45) is 2.00. The number of carbonyl (C=O) groups is 1. The first-order chi connectivity index (χ1) is 16.3. The Hall–Kier alpha value is -3.28. The molecule has 178 valence electrons. The van der Waals surface area contributed by atoms with Gasteiger partial charge >= 0.3 is 5.97 Å². The molecule has 6 heteroatoms. The van der Waals surface area contributed by atoms with Crippen LogP contribution in [0.1, 0.15) is 31.9 Å². The topological polar surface area (TPSA) is 65.0 Å². The summed E-state index contributed by atoms with van der Waals surface area (Å²) in [4.78, 5) is 11.7. The number of rotatable bonds is 10. The van der Waals surface area contributed by atoms with Gasteiger partial charge in [0.1, 0.15) is 18.1 Å². The fourth-order valence-corrected chi connectivity index (χ4v) is 3.80. The van der Waals surface area contributed by atoms with E-state index < -0.39 is 11.6 Å². The zero-order chi connectivity index (χ0) is 24.7. The second kappa shape index (κ2) is 11.2. The van der Waals surface area contributed by atoms with Crippen LogP contribution in [0.4, 0.5) is 0 Å². The van der Waals surface area contributed by atoms with Crippen LogP contribution in [0.5, 0.6) is 11.5 Å². The monoisotopic (exact) mass is 480 g/mol. The van der Waals surface area contributed by atoms with Crippen molar-refractivity contribution in [2.45, 2.75) is 26.4 Å². The van der Waals surface area contributed by atoms with Crippen molar-refractivity contribution in [1.29, 1.82) is 0 Å². The van der Waals surface area contributed by atoms with Crippen LogP contribution in [0, 0.1) is 0 Å². The van der Waals surface area contributed by atoms with Crippen molar-refractivity contribution >= 4 is 23.1 Å². The largest absolute Gasteiger partial charge is 0.496 e. The number of ether oxygens (including phenoxy) is 3. The van der Waals surface area contributed by atoms with E-state index in [1.165, 1.54) is 0 Å². The molecule has 1 unspecified atom stereocenters. The molecule has 0 aliphatic carbocycles. The second-order valence-corrected chi connectivity index (χ2v) is 8.35. The Morgan fingerprint density at radius 2 is 1.74 bits per heavy atom. The number of allylic oxidation sites excluding steroid dienone is 1. The van der Waals surface area contributed by atoms with Gasteiger partial charge in [-0.2, -0.15) is 0 Å². The molecular weight excluding hydrogens is 452 g/mol. The van der Waals surface area contributed by atoms with E-state index in [4.69, 9.17) is 25.8 Å². The molecule has 0 amide bonds. The molecule has 0 aliphatic heterocycles. The molecule has 0 saturated carbocycles. The minimum Gasteiger partial charge on any atom is -0.496 e. The van der Waals surface area contributed by atoms with E-state index >= 15 is 0 Å². The summed E-state index contributed by atoms with van der Waals surface area (Å²) in [7, 11) is 1.64. The fraction of sp³-hybridized carbons (Fsp3) is 0.250. The lowest BCUT2D eigenvalue weighted by Crippen LogP contribution is -2.35. The van der Waals surface area contributed by atoms with Gasteiger partial charge in [0.25, 0.3) is 0 Å². The maximum atomic E-state index is 11.7. The van der Waals surface area contributed by atoms with Crippen molar-refractivity contribution in [3.05, 3.63) is 89.0 Å². The summed E-state index contributed by atoms with van der Waals surface area (Å²) in [5.74, 6) is 0.399. The molecule has 1 N–H and O–H groups in total. The summed E-state index contributed by atoms with van der Waals surface area (Å²) in [6, 6.07) is 20.7. The lowest BCUT2D eigenvalue weighted by Gasteiger charge is -2.25. The van der Waals surface area contributed by atoms with E-state index in [2.05, 4.69) is 12.1 Å². The highest BCUT2D eigenvalue weighted by molar-refractivity contribution is 6.31. The number of methoxy groups -OCH3 is 1. The first-order valence-electron chi connectivity index (χ1n) is 11.0. The van der Waals surface area contributed by atoms with E-state index in [0.29, 0.717) is 29.5 Å². The predicted molar refractivity (Wildman–Crippen MR) is 136 cm³/mol. The van der Waals surface area contributed by atoms with Crippen LogP contribution in [0.15, 0.2) is 72.8 Å². The van der Waals surface area contributed by atoms with Crippen molar-refractivity contribution in [2.75, 3.05) is 20.3 Å². The number of hydrogen-bond acceptors (Lipinski definition) is 4. The molecule has 1 atom stereocenters. The standard InChI is InChI=1S/C28H29ClO5/c1-5-34-28(3,27(30)31)22-10-13-24(14-11-22)33-17-16-19(2)20-6-8-21(9-7-20)25-18-23(29)12-15-26(25)32-4/h6-16,18H,5,17H2,1-4H3,(H,30,31). The summed E-state index contributed by atoms with van der Waals surface area (Å²) in [6.45, 7) is 6.04. The van der Waals surface area contributed by atoms with Gasteiger partial charge in [0.15, 0.2) is 5.60 Å². The summed E-state index contributed by atoms with van der Waals surface area (Å²) in [5.41, 5.74) is 3.31. The average molecular weight is 481 g/mol. The zero-order valence-electron chi connectivity index (χ0n) is 19.8. The highest BCUT2D eigenvalue weighted by Gasteiger charge is 2.35. The molecule has 0 bridgehead atoms. The van der Waals surface area contributed by atoms with E-state index in [1.807, 2.05) is 43.3 Å². The Kier molecular flexibility index (Phi) is 8.37. The van der Waals surface area contributed by atoms with Crippen molar-refractivity contribution in [3.63, 3.8) is 0 Å². The van der Waals surface area contributed by atoms with Crippen LogP contribution in [-0.2, 0) is 15.1 Å². The van der Waals surface area contributed by atoms with Gasteiger partial charge in [-0.1, -0.05) is 48.0 Å². The van der Waals surface area contributed by atoms with Crippen LogP contribution < -0.4 is 9.47 Å². The zero-order valence-corrected chi connectivity index (χ0v) is 20.6. The van der Waals surface area contributed by atoms with Crippen molar-refractivity contribution in [3.8, 4) is 22.6 Å². The highest BCUT2D eigenvalue weighted by atomic mass is 35.5. The summed E-state index contributed by atoms with van der Waals surface area (Å²) >= 11 is 6.16. The van der Waals surface area contributed by atoms with Gasteiger partial charge in [0, 0.05) is 17.2 Å². The maximum Gasteiger partial charge on any atom is 0.340 e. The van der Waals surface area contributed by atoms with Crippen LogP contribution in [0.25, 0.3) is 16.7 Å². The van der Waals surface area contributed by atoms with Gasteiger partial charge in [-0.15, -0.1) is 0 Å². The van der Waals surface area contributed by atoms with Gasteiger partial charge in [0.2, 0.25) is 0 Å². The lowest BCUT2D eigenvalue weighted by atomic mass is 9.96. The maximum absolute atomic E-state index is 11.7. The normalized spacial score (nSPS) is 13.3. The Balaban J connectivity index is 1.66. The molecule has 0 aromatic heterocycles. The van der Waals surface area contributed by atoms with E-state index in [1.54, 1.807) is 45.2 Å². The molecule has 34 heavy (non-hydrogen) atoms. The van der Waals surface area contributed by atoms with Crippen molar-refractivity contribution in [1.82, 2.24) is 0 Å². The van der Waals surface area contributed by atoms with E-state index in [0.717, 1.165) is 28.0 Å². The van der Waals surface area contributed by atoms with Crippen LogP contribution in [0.2, 0.25) is 5.02 Å². The number of halogens is 1. The number of carboxylic acids is 1. The molecule has 0 spiro atoms. The Labute approximate surface area is 205 Å². The quantitative estimate of drug-likeness (QED) is 0.344. The Morgan fingerprint density at radius 3 is 2.32 bits per heavy atom. The minimum atomic E-state index is -1.38. The molecule has 0 fully saturated rings. The summed E-state index contributed by atoms with van der Waals surface area (Å²) in [5, 5.41) is 10.2. The van der Waals surface area contributed by atoms with Crippen LogP contribution in [-0.4, -0.2) is 31.4 Å². The van der Waals surface area contributed by atoms with Crippen molar-refractivity contribution < 1.29 is 24.1 Å². The number of hydrogen-bond donors (Lipinski definition) is 1. The third-order valence-electron chi connectivity index (χ3n) is 5.70. The molecule has 0 aliphatic rings. The fourth-order valence-electron chi connectivity index (χ4n) is 3.63. The molecule has 3 aromatic rings. The smallest absolute Gasteiger partial charge is 0.340 e. The van der Waals surface area contributed by atoms with Crippen molar-refractivity contribution in [2.24, 2.45) is 0 Å². The van der Waals surface area contributed by atoms with Gasteiger partial charge < -0.3 is 19.3 Å². The van der Waals surface area contributed by atoms with Crippen LogP contribution in [0.3, 0.4) is 0 Å². The second-order valence-electron chi connectivity index (χ2n) is 7.92. The van der Waals surface area contributed by atoms with E-state index in [-0.39, 0.29) is 0 Å². The first kappa shape index (κ1) is 25.3. The predicted octanol–water partition coefficient (Wildman–Crippen LogP) is 6.83. The molecule has 3 rings (SSSR count). The van der Waals surface area contributed by atoms with Gasteiger partial charge in [-0.3, -0.25) is 0 Å². The Morgan fingerprint density at radius 1 is 1.06 bits per heavy atom. The highest BCUT2D eigenvalue weighted by Crippen LogP contribution is 2.33. The third kappa shape index (κ3) is 5.79. The SMILES string of the molecule is CCOC(C)(C(=O)O)c1ccc(OCC=C(C)c2ccc(-c3cc(Cl)ccc3OC)cc2)cc1. The van der Waals surface area contributed by atoms with Gasteiger partial charge in [-0.05, 0) is 79.4 Å². The molecule has 0 radical (unpaired) electrons. The molecular formula is C28H29ClO5. The van der Waals surface area contributed by atoms with E-state index in [9.17, 15) is 9.90 Å². The lowest BCUT2D eigenvalue weighted by molar-refractivity contribution is -0.164. The number of benzene rings is 3. The summed E-state index contributed by atoms with van der Waals surface area (Å²) < 4.78 is 16.8.